The van der Waals surface area contributed by atoms with E-state index >= 15 is 0 Å². The highest BCUT2D eigenvalue weighted by Crippen LogP contribution is 2.22. The maximum atomic E-state index is 12.6. The number of urea groups is 1. The third kappa shape index (κ3) is 5.61. The molecule has 32 heavy (non-hydrogen) atoms. The average Bonchev–Trinajstić information content (AvgIpc) is 3.20. The molecule has 1 N–H and O–H groups in total. The number of hydrogen-bond acceptors (Lipinski definition) is 3. The summed E-state index contributed by atoms with van der Waals surface area (Å²) in [6, 6.07) is 14.3. The molecule has 2 saturated heterocycles. The second-order valence-electron chi connectivity index (χ2n) is 8.95. The number of likely N-dealkylation sites (tertiary alicyclic amines) is 2. The lowest BCUT2D eigenvalue weighted by Gasteiger charge is -2.32. The Bertz CT molecular complexity index is 967. The molecule has 0 spiro atoms. The molecule has 4 rings (SSSR count). The summed E-state index contributed by atoms with van der Waals surface area (Å²) in [6.45, 7) is 7.55. The number of amides is 3. The van der Waals surface area contributed by atoms with Crippen LogP contribution in [-0.4, -0.2) is 47.5 Å². The lowest BCUT2D eigenvalue weighted by molar-refractivity contribution is -0.128. The molecule has 2 fully saturated rings. The number of benzene rings is 2. The lowest BCUT2D eigenvalue weighted by atomic mass is 10.1. The number of nitrogens with zero attached hydrogens (tertiary/aromatic N) is 2. The molecule has 170 valence electrons. The first-order chi connectivity index (χ1) is 15.5. The average molecular weight is 436 g/mol. The van der Waals surface area contributed by atoms with Gasteiger partial charge in [0, 0.05) is 52.0 Å². The number of carbonyl (C=O) groups is 2. The van der Waals surface area contributed by atoms with Crippen LogP contribution in [0.5, 0.6) is 5.75 Å². The van der Waals surface area contributed by atoms with Crippen LogP contribution >= 0.6 is 0 Å². The van der Waals surface area contributed by atoms with Crippen LogP contribution in [0.3, 0.4) is 0 Å². The van der Waals surface area contributed by atoms with Gasteiger partial charge in [0.2, 0.25) is 5.91 Å². The van der Waals surface area contributed by atoms with Gasteiger partial charge in [-0.05, 0) is 54.7 Å². The zero-order valence-corrected chi connectivity index (χ0v) is 19.1. The summed E-state index contributed by atoms with van der Waals surface area (Å²) >= 11 is 0. The van der Waals surface area contributed by atoms with Gasteiger partial charge < -0.3 is 19.9 Å². The lowest BCUT2D eigenvalue weighted by Crippen LogP contribution is -2.46. The van der Waals surface area contributed by atoms with E-state index in [0.717, 1.165) is 42.7 Å². The van der Waals surface area contributed by atoms with Gasteiger partial charge in [0.15, 0.2) is 0 Å². The van der Waals surface area contributed by atoms with E-state index in [0.29, 0.717) is 32.6 Å². The molecule has 0 radical (unpaired) electrons. The second kappa shape index (κ2) is 10.1. The largest absolute Gasteiger partial charge is 0.490 e. The van der Waals surface area contributed by atoms with Gasteiger partial charge in [-0.15, -0.1) is 0 Å². The van der Waals surface area contributed by atoms with Gasteiger partial charge in [0.25, 0.3) is 0 Å². The van der Waals surface area contributed by atoms with E-state index in [2.05, 4.69) is 37.4 Å². The molecule has 2 aromatic carbocycles. The summed E-state index contributed by atoms with van der Waals surface area (Å²) in [4.78, 5) is 28.3. The SMILES string of the molecule is Cc1ccc(OC2CCN(C(=O)NCc3cccc(CN4CCCC4=O)c3)CC2)cc1C. The zero-order valence-electron chi connectivity index (χ0n) is 19.1. The van der Waals surface area contributed by atoms with Crippen molar-refractivity contribution in [3.8, 4) is 5.75 Å². The molecular formula is C26H33N3O3. The Morgan fingerprint density at radius 3 is 2.53 bits per heavy atom. The second-order valence-corrected chi connectivity index (χ2v) is 8.95. The van der Waals surface area contributed by atoms with Crippen molar-refractivity contribution in [3.63, 3.8) is 0 Å². The Balaban J connectivity index is 1.22. The van der Waals surface area contributed by atoms with Crippen molar-refractivity contribution in [2.75, 3.05) is 19.6 Å². The fourth-order valence-corrected chi connectivity index (χ4v) is 4.38. The first-order valence-corrected chi connectivity index (χ1v) is 11.6. The molecule has 0 aliphatic carbocycles. The van der Waals surface area contributed by atoms with Crippen LogP contribution in [0.4, 0.5) is 4.79 Å². The van der Waals surface area contributed by atoms with E-state index in [1.54, 1.807) is 0 Å². The smallest absolute Gasteiger partial charge is 0.317 e. The highest BCUT2D eigenvalue weighted by molar-refractivity contribution is 5.78. The van der Waals surface area contributed by atoms with Gasteiger partial charge in [-0.1, -0.05) is 30.3 Å². The van der Waals surface area contributed by atoms with Crippen LogP contribution < -0.4 is 10.1 Å². The van der Waals surface area contributed by atoms with E-state index in [1.165, 1.54) is 11.1 Å². The number of ether oxygens (including phenoxy) is 1. The minimum atomic E-state index is -0.0326. The Morgan fingerprint density at radius 2 is 1.81 bits per heavy atom. The molecule has 2 heterocycles. The molecule has 0 aromatic heterocycles. The van der Waals surface area contributed by atoms with Crippen LogP contribution in [0.15, 0.2) is 42.5 Å². The normalized spacial score (nSPS) is 17.0. The minimum absolute atomic E-state index is 0.0326. The van der Waals surface area contributed by atoms with Crippen molar-refractivity contribution < 1.29 is 14.3 Å². The molecular weight excluding hydrogens is 402 g/mol. The third-order valence-corrected chi connectivity index (χ3v) is 6.49. The number of nitrogens with one attached hydrogen (secondary N) is 1. The summed E-state index contributed by atoms with van der Waals surface area (Å²) in [5.74, 6) is 1.14. The Hall–Kier alpha value is -3.02. The van der Waals surface area contributed by atoms with Crippen molar-refractivity contribution >= 4 is 11.9 Å². The van der Waals surface area contributed by atoms with E-state index in [-0.39, 0.29) is 18.0 Å². The molecule has 2 aromatic rings. The molecule has 3 amide bonds. The van der Waals surface area contributed by atoms with E-state index in [1.807, 2.05) is 34.1 Å². The van der Waals surface area contributed by atoms with Gasteiger partial charge in [0.1, 0.15) is 11.9 Å². The van der Waals surface area contributed by atoms with Crippen LogP contribution in [0, 0.1) is 13.8 Å². The number of hydrogen-bond donors (Lipinski definition) is 1. The molecule has 2 aliphatic rings. The minimum Gasteiger partial charge on any atom is -0.490 e. The third-order valence-electron chi connectivity index (χ3n) is 6.49. The Labute approximate surface area is 190 Å². The fourth-order valence-electron chi connectivity index (χ4n) is 4.38. The van der Waals surface area contributed by atoms with Crippen LogP contribution in [0.1, 0.15) is 47.9 Å². The zero-order chi connectivity index (χ0) is 22.5. The number of aryl methyl sites for hydroxylation is 2. The molecule has 6 heteroatoms. The van der Waals surface area contributed by atoms with Crippen LogP contribution in [0.25, 0.3) is 0 Å². The van der Waals surface area contributed by atoms with Gasteiger partial charge in [-0.25, -0.2) is 4.79 Å². The van der Waals surface area contributed by atoms with Crippen molar-refractivity contribution in [3.05, 3.63) is 64.7 Å². The number of rotatable bonds is 6. The highest BCUT2D eigenvalue weighted by atomic mass is 16.5. The monoisotopic (exact) mass is 435 g/mol. The van der Waals surface area contributed by atoms with Crippen molar-refractivity contribution in [2.24, 2.45) is 0 Å². The number of carbonyl (C=O) groups excluding carboxylic acids is 2. The predicted octanol–water partition coefficient (Wildman–Crippen LogP) is 4.18. The molecule has 0 unspecified atom stereocenters. The van der Waals surface area contributed by atoms with Gasteiger partial charge in [-0.3, -0.25) is 4.79 Å². The molecule has 2 aliphatic heterocycles. The first kappa shape index (κ1) is 22.2. The quantitative estimate of drug-likeness (QED) is 0.741. The van der Waals surface area contributed by atoms with Crippen LogP contribution in [-0.2, 0) is 17.9 Å². The summed E-state index contributed by atoms with van der Waals surface area (Å²) < 4.78 is 6.14. The van der Waals surface area contributed by atoms with E-state index in [4.69, 9.17) is 4.74 Å². The topological polar surface area (TPSA) is 61.9 Å². The highest BCUT2D eigenvalue weighted by Gasteiger charge is 2.24. The summed E-state index contributed by atoms with van der Waals surface area (Å²) in [7, 11) is 0. The predicted molar refractivity (Wildman–Crippen MR) is 124 cm³/mol. The Kier molecular flexibility index (Phi) is 6.98. The Morgan fingerprint density at radius 1 is 1.03 bits per heavy atom. The first-order valence-electron chi connectivity index (χ1n) is 11.6. The maximum Gasteiger partial charge on any atom is 0.317 e. The van der Waals surface area contributed by atoms with E-state index in [9.17, 15) is 9.59 Å². The van der Waals surface area contributed by atoms with Gasteiger partial charge in [-0.2, -0.15) is 0 Å². The fraction of sp³-hybridized carbons (Fsp3) is 0.462. The van der Waals surface area contributed by atoms with Crippen LogP contribution in [0.2, 0.25) is 0 Å². The van der Waals surface area contributed by atoms with E-state index < -0.39 is 0 Å². The standard InChI is InChI=1S/C26H33N3O3/c1-19-8-9-24(15-20(19)2)32-23-10-13-28(14-11-23)26(31)27-17-21-5-3-6-22(16-21)18-29-12-4-7-25(29)30/h3,5-6,8-9,15-16,23H,4,7,10-14,17-18H2,1-2H3,(H,27,31). The molecule has 0 atom stereocenters. The molecule has 0 bridgehead atoms. The van der Waals surface area contributed by atoms with Crippen molar-refractivity contribution in [1.29, 1.82) is 0 Å². The molecule has 0 saturated carbocycles. The van der Waals surface area contributed by atoms with Crippen molar-refractivity contribution in [1.82, 2.24) is 15.1 Å². The summed E-state index contributed by atoms with van der Waals surface area (Å²) in [6.07, 6.45) is 3.41. The molecule has 6 nitrogen and oxygen atoms in total. The van der Waals surface area contributed by atoms with Gasteiger partial charge in [0.05, 0.1) is 0 Å². The summed E-state index contributed by atoms with van der Waals surface area (Å²) in [5, 5.41) is 3.04. The van der Waals surface area contributed by atoms with Crippen molar-refractivity contribution in [2.45, 2.75) is 58.7 Å². The number of piperidine rings is 1. The van der Waals surface area contributed by atoms with Gasteiger partial charge >= 0.3 is 6.03 Å². The summed E-state index contributed by atoms with van der Waals surface area (Å²) in [5.41, 5.74) is 4.65. The maximum absolute atomic E-state index is 12.6.